The van der Waals surface area contributed by atoms with E-state index in [2.05, 4.69) is 35.5 Å². The summed E-state index contributed by atoms with van der Waals surface area (Å²) >= 11 is 1.89. The van der Waals surface area contributed by atoms with Crippen LogP contribution in [0.3, 0.4) is 0 Å². The first-order valence-corrected chi connectivity index (χ1v) is 7.59. The van der Waals surface area contributed by atoms with Gasteiger partial charge in [-0.1, -0.05) is 13.8 Å². The normalized spacial score (nSPS) is 13.2. The van der Waals surface area contributed by atoms with Crippen LogP contribution in [0.2, 0.25) is 0 Å². The summed E-state index contributed by atoms with van der Waals surface area (Å²) in [4.78, 5) is 4.37. The monoisotopic (exact) mass is 256 g/mol. The van der Waals surface area contributed by atoms with Crippen molar-refractivity contribution >= 4 is 11.8 Å². The second-order valence-electron chi connectivity index (χ2n) is 4.72. The second kappa shape index (κ2) is 7.71. The van der Waals surface area contributed by atoms with Crippen molar-refractivity contribution in [2.45, 2.75) is 39.3 Å². The third kappa shape index (κ3) is 5.08. The van der Waals surface area contributed by atoms with E-state index < -0.39 is 0 Å². The van der Waals surface area contributed by atoms with Crippen molar-refractivity contribution in [1.29, 1.82) is 0 Å². The molecule has 0 amide bonds. The molecule has 98 valence electrons. The molecule has 0 fully saturated rings. The number of aromatic nitrogens is 3. The van der Waals surface area contributed by atoms with Crippen LogP contribution < -0.4 is 5.32 Å². The van der Waals surface area contributed by atoms with Crippen molar-refractivity contribution in [2.24, 2.45) is 5.92 Å². The number of thioether (sulfide) groups is 1. The van der Waals surface area contributed by atoms with Gasteiger partial charge >= 0.3 is 0 Å². The molecule has 4 nitrogen and oxygen atoms in total. The molecule has 0 saturated heterocycles. The maximum absolute atomic E-state index is 4.37. The van der Waals surface area contributed by atoms with Crippen LogP contribution in [0.5, 0.6) is 0 Å². The topological polar surface area (TPSA) is 42.7 Å². The van der Waals surface area contributed by atoms with E-state index in [0.717, 1.165) is 18.8 Å². The van der Waals surface area contributed by atoms with Gasteiger partial charge in [-0.15, -0.1) is 0 Å². The average molecular weight is 256 g/mol. The van der Waals surface area contributed by atoms with Gasteiger partial charge in [-0.2, -0.15) is 16.9 Å². The molecule has 0 bridgehead atoms. The van der Waals surface area contributed by atoms with Gasteiger partial charge in [0.25, 0.3) is 0 Å². The Hall–Kier alpha value is -0.550. The summed E-state index contributed by atoms with van der Waals surface area (Å²) in [6.45, 7) is 5.36. The molecule has 5 heteroatoms. The summed E-state index contributed by atoms with van der Waals surface area (Å²) in [7, 11) is 2.02. The van der Waals surface area contributed by atoms with Gasteiger partial charge in [0.15, 0.2) is 0 Å². The lowest BCUT2D eigenvalue weighted by Crippen LogP contribution is -2.30. The zero-order valence-electron chi connectivity index (χ0n) is 11.3. The highest BCUT2D eigenvalue weighted by Gasteiger charge is 2.12. The molecule has 0 aromatic carbocycles. The van der Waals surface area contributed by atoms with Crippen LogP contribution in [0.1, 0.15) is 26.1 Å². The van der Waals surface area contributed by atoms with Gasteiger partial charge in [0.1, 0.15) is 12.2 Å². The lowest BCUT2D eigenvalue weighted by molar-refractivity contribution is 0.446. The molecule has 0 spiro atoms. The highest BCUT2D eigenvalue weighted by atomic mass is 32.2. The lowest BCUT2D eigenvalue weighted by atomic mass is 10.1. The van der Waals surface area contributed by atoms with Crippen LogP contribution in [-0.2, 0) is 13.0 Å². The van der Waals surface area contributed by atoms with Crippen molar-refractivity contribution < 1.29 is 0 Å². The summed E-state index contributed by atoms with van der Waals surface area (Å²) < 4.78 is 2.04. The molecule has 0 radical (unpaired) electrons. The number of nitrogens with zero attached hydrogens (tertiary/aromatic N) is 3. The Morgan fingerprint density at radius 3 is 2.82 bits per heavy atom. The number of hydrogen-bond donors (Lipinski definition) is 1. The molecule has 1 aromatic heterocycles. The van der Waals surface area contributed by atoms with E-state index in [1.54, 1.807) is 6.33 Å². The Morgan fingerprint density at radius 2 is 2.24 bits per heavy atom. The van der Waals surface area contributed by atoms with Gasteiger partial charge in [0.05, 0.1) is 0 Å². The number of likely N-dealkylation sites (N-methyl/N-ethyl adjacent to an activating group) is 1. The van der Waals surface area contributed by atoms with E-state index in [1.165, 1.54) is 12.2 Å². The van der Waals surface area contributed by atoms with Crippen molar-refractivity contribution in [3.05, 3.63) is 12.2 Å². The Balaban J connectivity index is 2.56. The minimum absolute atomic E-state index is 0.498. The third-order valence-electron chi connectivity index (χ3n) is 2.74. The maximum Gasteiger partial charge on any atom is 0.138 e. The smallest absolute Gasteiger partial charge is 0.138 e. The van der Waals surface area contributed by atoms with Crippen LogP contribution in [0.25, 0.3) is 0 Å². The van der Waals surface area contributed by atoms with E-state index in [9.17, 15) is 0 Å². The van der Waals surface area contributed by atoms with Crippen LogP contribution in [-0.4, -0.2) is 39.9 Å². The molecule has 1 aromatic rings. The molecule has 0 aliphatic rings. The van der Waals surface area contributed by atoms with E-state index in [0.29, 0.717) is 12.0 Å². The quantitative estimate of drug-likeness (QED) is 0.770. The first-order valence-electron chi connectivity index (χ1n) is 6.20. The average Bonchev–Trinajstić information content (AvgIpc) is 2.70. The molecule has 1 rings (SSSR count). The van der Waals surface area contributed by atoms with Crippen LogP contribution in [0.15, 0.2) is 6.33 Å². The van der Waals surface area contributed by atoms with Gasteiger partial charge in [-0.3, -0.25) is 0 Å². The Kier molecular flexibility index (Phi) is 6.58. The standard InChI is InChI=1S/C12H24N4S/c1-10(2)8-16-12(14-9-15-16)7-11(13-3)5-6-17-4/h9-11,13H,5-8H2,1-4H3. The fourth-order valence-electron chi connectivity index (χ4n) is 1.77. The predicted molar refractivity (Wildman–Crippen MR) is 74.4 cm³/mol. The second-order valence-corrected chi connectivity index (χ2v) is 5.71. The Labute approximate surface area is 109 Å². The molecule has 0 saturated carbocycles. The minimum Gasteiger partial charge on any atom is -0.317 e. The zero-order valence-corrected chi connectivity index (χ0v) is 12.1. The fourth-order valence-corrected chi connectivity index (χ4v) is 2.29. The molecule has 0 aliphatic heterocycles. The third-order valence-corrected chi connectivity index (χ3v) is 3.39. The van der Waals surface area contributed by atoms with Crippen molar-refractivity contribution in [2.75, 3.05) is 19.1 Å². The lowest BCUT2D eigenvalue weighted by Gasteiger charge is -2.16. The summed E-state index contributed by atoms with van der Waals surface area (Å²) in [6.07, 6.45) is 5.95. The fraction of sp³-hybridized carbons (Fsp3) is 0.833. The van der Waals surface area contributed by atoms with Crippen molar-refractivity contribution in [1.82, 2.24) is 20.1 Å². The molecule has 17 heavy (non-hydrogen) atoms. The van der Waals surface area contributed by atoms with Crippen molar-refractivity contribution in [3.8, 4) is 0 Å². The molecule has 1 heterocycles. The molecule has 1 N–H and O–H groups in total. The Bertz CT molecular complexity index is 311. The van der Waals surface area contributed by atoms with Crippen LogP contribution in [0.4, 0.5) is 0 Å². The minimum atomic E-state index is 0.498. The summed E-state index contributed by atoms with van der Waals surface area (Å²) in [5, 5.41) is 7.66. The van der Waals surface area contributed by atoms with Crippen LogP contribution >= 0.6 is 11.8 Å². The van der Waals surface area contributed by atoms with E-state index in [-0.39, 0.29) is 0 Å². The first-order chi connectivity index (χ1) is 8.17. The highest BCUT2D eigenvalue weighted by Crippen LogP contribution is 2.08. The summed E-state index contributed by atoms with van der Waals surface area (Å²) in [6, 6.07) is 0.498. The SMILES string of the molecule is CNC(CCSC)Cc1ncnn1CC(C)C. The van der Waals surface area contributed by atoms with Crippen LogP contribution in [0, 0.1) is 5.92 Å². The van der Waals surface area contributed by atoms with Gasteiger partial charge in [-0.25, -0.2) is 9.67 Å². The number of nitrogens with one attached hydrogen (secondary N) is 1. The molecule has 0 aliphatic carbocycles. The summed E-state index contributed by atoms with van der Waals surface area (Å²) in [5.41, 5.74) is 0. The number of hydrogen-bond acceptors (Lipinski definition) is 4. The van der Waals surface area contributed by atoms with Gasteiger partial charge in [0.2, 0.25) is 0 Å². The first kappa shape index (κ1) is 14.5. The predicted octanol–water partition coefficient (Wildman–Crippen LogP) is 1.82. The number of rotatable bonds is 8. The van der Waals surface area contributed by atoms with Gasteiger partial charge < -0.3 is 5.32 Å². The van der Waals surface area contributed by atoms with E-state index in [1.807, 2.05) is 23.5 Å². The molecule has 1 unspecified atom stereocenters. The Morgan fingerprint density at radius 1 is 1.47 bits per heavy atom. The van der Waals surface area contributed by atoms with E-state index in [4.69, 9.17) is 0 Å². The van der Waals surface area contributed by atoms with Crippen molar-refractivity contribution in [3.63, 3.8) is 0 Å². The largest absolute Gasteiger partial charge is 0.317 e. The van der Waals surface area contributed by atoms with E-state index >= 15 is 0 Å². The molecule has 1 atom stereocenters. The highest BCUT2D eigenvalue weighted by molar-refractivity contribution is 7.98. The zero-order chi connectivity index (χ0) is 12.7. The maximum atomic E-state index is 4.37. The van der Waals surface area contributed by atoms with Gasteiger partial charge in [-0.05, 0) is 31.4 Å². The van der Waals surface area contributed by atoms with Gasteiger partial charge in [0, 0.05) is 19.0 Å². The molecular formula is C12H24N4S. The summed E-state index contributed by atoms with van der Waals surface area (Å²) in [5.74, 6) is 2.89. The molecular weight excluding hydrogens is 232 g/mol.